The predicted octanol–water partition coefficient (Wildman–Crippen LogP) is 4.18. The highest BCUT2D eigenvalue weighted by Crippen LogP contribution is 2.60. The van der Waals surface area contributed by atoms with E-state index < -0.39 is 0 Å². The van der Waals surface area contributed by atoms with E-state index >= 15 is 0 Å². The molecule has 1 aromatic heterocycles. The van der Waals surface area contributed by atoms with E-state index in [-0.39, 0.29) is 17.5 Å². The predicted molar refractivity (Wildman–Crippen MR) is 129 cm³/mol. The summed E-state index contributed by atoms with van der Waals surface area (Å²) in [5.74, 6) is 0.541. The molecule has 2 aliphatic carbocycles. The summed E-state index contributed by atoms with van der Waals surface area (Å²) in [6, 6.07) is 24.0. The summed E-state index contributed by atoms with van der Waals surface area (Å²) in [6.07, 6.45) is 4.91. The first-order chi connectivity index (χ1) is 16.2. The Morgan fingerprint density at radius 2 is 1.61 bits per heavy atom. The van der Waals surface area contributed by atoms with Crippen LogP contribution in [0.4, 0.5) is 4.79 Å². The maximum absolute atomic E-state index is 12.4. The Labute approximate surface area is 195 Å². The van der Waals surface area contributed by atoms with E-state index in [0.717, 1.165) is 38.2 Å². The van der Waals surface area contributed by atoms with Gasteiger partial charge in [0.1, 0.15) is 0 Å². The molecule has 0 saturated carbocycles. The van der Waals surface area contributed by atoms with Crippen LogP contribution in [0.2, 0.25) is 0 Å². The number of carbonyl (C=O) groups excluding carboxylic acids is 1. The lowest BCUT2D eigenvalue weighted by Crippen LogP contribution is -2.50. The molecule has 0 unspecified atom stereocenters. The van der Waals surface area contributed by atoms with Gasteiger partial charge in [0.2, 0.25) is 0 Å². The number of carbonyl (C=O) groups is 1. The van der Waals surface area contributed by atoms with Crippen molar-refractivity contribution >= 4 is 6.03 Å². The summed E-state index contributed by atoms with van der Waals surface area (Å²) < 4.78 is 0. The Kier molecular flexibility index (Phi) is 5.14. The van der Waals surface area contributed by atoms with Crippen LogP contribution in [0.3, 0.4) is 0 Å². The first kappa shape index (κ1) is 20.4. The fraction of sp³-hybridized carbons (Fsp3) is 0.357. The van der Waals surface area contributed by atoms with Gasteiger partial charge in [-0.15, -0.1) is 0 Å². The molecule has 0 radical (unpaired) electrons. The molecule has 3 aromatic rings. The van der Waals surface area contributed by atoms with Gasteiger partial charge in [-0.2, -0.15) is 0 Å². The van der Waals surface area contributed by atoms with Gasteiger partial charge in [0.15, 0.2) is 0 Å². The monoisotopic (exact) mass is 438 g/mol. The minimum Gasteiger partial charge on any atom is -0.335 e. The third-order valence-electron chi connectivity index (χ3n) is 7.83. The summed E-state index contributed by atoms with van der Waals surface area (Å²) in [5.41, 5.74) is 7.09. The number of benzene rings is 2. The lowest BCUT2D eigenvalue weighted by Gasteiger charge is -2.40. The lowest BCUT2D eigenvalue weighted by molar-refractivity contribution is 0.169. The zero-order valence-corrected chi connectivity index (χ0v) is 18.8. The van der Waals surface area contributed by atoms with E-state index in [4.69, 9.17) is 0 Å². The van der Waals surface area contributed by atoms with Crippen molar-refractivity contribution in [2.75, 3.05) is 19.6 Å². The average molecular weight is 439 g/mol. The van der Waals surface area contributed by atoms with Crippen LogP contribution in [0.1, 0.15) is 53.1 Å². The number of pyridine rings is 1. The summed E-state index contributed by atoms with van der Waals surface area (Å²) in [6.45, 7) is 3.55. The highest BCUT2D eigenvalue weighted by atomic mass is 16.2. The lowest BCUT2D eigenvalue weighted by atomic mass is 9.74. The number of nitrogens with one attached hydrogen (secondary N) is 2. The first-order valence-corrected chi connectivity index (χ1v) is 12.1. The van der Waals surface area contributed by atoms with E-state index in [9.17, 15) is 4.79 Å². The van der Waals surface area contributed by atoms with Crippen molar-refractivity contribution in [3.8, 4) is 0 Å². The molecule has 2 aromatic carbocycles. The van der Waals surface area contributed by atoms with Crippen molar-refractivity contribution in [1.82, 2.24) is 20.5 Å². The van der Waals surface area contributed by atoms with Crippen LogP contribution in [-0.4, -0.2) is 41.6 Å². The Morgan fingerprint density at radius 1 is 0.939 bits per heavy atom. The first-order valence-electron chi connectivity index (χ1n) is 12.1. The van der Waals surface area contributed by atoms with Gasteiger partial charge >= 0.3 is 6.03 Å². The maximum Gasteiger partial charge on any atom is 0.315 e. The number of hydrogen-bond donors (Lipinski definition) is 2. The minimum absolute atomic E-state index is 0.102. The Morgan fingerprint density at radius 3 is 2.27 bits per heavy atom. The van der Waals surface area contributed by atoms with Crippen LogP contribution in [0, 0.1) is 0 Å². The molecule has 33 heavy (non-hydrogen) atoms. The van der Waals surface area contributed by atoms with E-state index in [2.05, 4.69) is 69.0 Å². The standard InChI is InChI=1S/C28H30N4O/c33-27(30-18-21-7-5-6-14-29-21)31-20-12-15-32(16-13-20)19-28-17-24(22-8-1-3-10-25(22)28)23-9-2-4-11-26(23)28/h1-11,14,20,24H,12-13,15-19H2,(H2,30,31,33). The van der Waals surface area contributed by atoms with Gasteiger partial charge in [0.25, 0.3) is 0 Å². The normalized spacial score (nSPS) is 23.7. The Hall–Kier alpha value is -3.18. The van der Waals surface area contributed by atoms with Crippen molar-refractivity contribution < 1.29 is 4.79 Å². The molecule has 1 fully saturated rings. The van der Waals surface area contributed by atoms with Crippen molar-refractivity contribution in [3.05, 3.63) is 101 Å². The molecule has 2 bridgehead atoms. The maximum atomic E-state index is 12.4. The number of fused-ring (bicyclic) bond motifs is 8. The zero-order chi connectivity index (χ0) is 22.3. The summed E-state index contributed by atoms with van der Waals surface area (Å²) >= 11 is 0. The summed E-state index contributed by atoms with van der Waals surface area (Å²) in [7, 11) is 0. The van der Waals surface area contributed by atoms with Gasteiger partial charge in [-0.25, -0.2) is 4.79 Å². The van der Waals surface area contributed by atoms with Gasteiger partial charge < -0.3 is 15.5 Å². The van der Waals surface area contributed by atoms with Crippen LogP contribution in [-0.2, 0) is 12.0 Å². The molecule has 0 atom stereocenters. The molecule has 3 aliphatic rings. The molecular formula is C28H30N4O. The van der Waals surface area contributed by atoms with Gasteiger partial charge in [-0.05, 0) is 53.6 Å². The molecule has 2 N–H and O–H groups in total. The second-order valence-electron chi connectivity index (χ2n) is 9.71. The topological polar surface area (TPSA) is 57.3 Å². The number of piperidine rings is 1. The highest BCUT2D eigenvalue weighted by Gasteiger charge is 2.53. The number of likely N-dealkylation sites (tertiary alicyclic amines) is 1. The highest BCUT2D eigenvalue weighted by molar-refractivity contribution is 5.74. The number of hydrogen-bond acceptors (Lipinski definition) is 3. The molecule has 5 heteroatoms. The molecule has 2 heterocycles. The molecule has 1 aliphatic heterocycles. The number of urea groups is 1. The second-order valence-corrected chi connectivity index (χ2v) is 9.71. The molecule has 168 valence electrons. The van der Waals surface area contributed by atoms with Crippen LogP contribution in [0.15, 0.2) is 72.9 Å². The summed E-state index contributed by atoms with van der Waals surface area (Å²) in [5, 5.41) is 6.09. The fourth-order valence-corrected chi connectivity index (χ4v) is 6.34. The van der Waals surface area contributed by atoms with E-state index in [0.29, 0.717) is 12.5 Å². The SMILES string of the molecule is O=C(NCc1ccccn1)NC1CCN(CC23CC(c4ccccc42)c2ccccc23)CC1. The molecule has 6 rings (SSSR count). The van der Waals surface area contributed by atoms with Crippen LogP contribution in [0.5, 0.6) is 0 Å². The quantitative estimate of drug-likeness (QED) is 0.628. The van der Waals surface area contributed by atoms with Gasteiger partial charge in [-0.3, -0.25) is 4.98 Å². The molecule has 1 saturated heterocycles. The third-order valence-corrected chi connectivity index (χ3v) is 7.83. The Bertz CT molecular complexity index is 1110. The number of aromatic nitrogens is 1. The van der Waals surface area contributed by atoms with Gasteiger partial charge in [0.05, 0.1) is 12.2 Å². The fourth-order valence-electron chi connectivity index (χ4n) is 6.34. The van der Waals surface area contributed by atoms with E-state index in [1.165, 1.54) is 28.7 Å². The summed E-state index contributed by atoms with van der Waals surface area (Å²) in [4.78, 5) is 19.2. The van der Waals surface area contributed by atoms with E-state index in [1.54, 1.807) is 6.20 Å². The van der Waals surface area contributed by atoms with Crippen LogP contribution in [0.25, 0.3) is 0 Å². The molecule has 2 amide bonds. The van der Waals surface area contributed by atoms with Crippen LogP contribution >= 0.6 is 0 Å². The number of amides is 2. The van der Waals surface area contributed by atoms with Crippen molar-refractivity contribution in [2.45, 2.75) is 43.2 Å². The van der Waals surface area contributed by atoms with Gasteiger partial charge in [0, 0.05) is 43.2 Å². The largest absolute Gasteiger partial charge is 0.335 e. The number of nitrogens with zero attached hydrogens (tertiary/aromatic N) is 2. The van der Waals surface area contributed by atoms with Crippen molar-refractivity contribution in [2.24, 2.45) is 0 Å². The average Bonchev–Trinajstić information content (AvgIpc) is 3.37. The van der Waals surface area contributed by atoms with Crippen molar-refractivity contribution in [1.29, 1.82) is 0 Å². The van der Waals surface area contributed by atoms with Crippen molar-refractivity contribution in [3.63, 3.8) is 0 Å². The smallest absolute Gasteiger partial charge is 0.315 e. The van der Waals surface area contributed by atoms with Crippen LogP contribution < -0.4 is 10.6 Å². The third kappa shape index (κ3) is 3.61. The molecular weight excluding hydrogens is 408 g/mol. The second kappa shape index (κ2) is 8.31. The van der Waals surface area contributed by atoms with E-state index in [1.807, 2.05) is 18.2 Å². The molecule has 5 nitrogen and oxygen atoms in total. The Balaban J connectivity index is 1.09. The molecule has 0 spiro atoms. The van der Waals surface area contributed by atoms with Gasteiger partial charge in [-0.1, -0.05) is 54.6 Å². The number of rotatable bonds is 5. The zero-order valence-electron chi connectivity index (χ0n) is 18.8. The minimum atomic E-state index is -0.102.